The molecule has 1 aliphatic heterocycles. The average molecular weight is 350 g/mol. The fourth-order valence-electron chi connectivity index (χ4n) is 3.10. The van der Waals surface area contributed by atoms with Crippen LogP contribution in [0.3, 0.4) is 0 Å². The molecule has 2 rings (SSSR count). The predicted octanol–water partition coefficient (Wildman–Crippen LogP) is 1.33. The van der Waals surface area contributed by atoms with Crippen LogP contribution >= 0.6 is 0 Å². The van der Waals surface area contributed by atoms with Gasteiger partial charge in [-0.1, -0.05) is 13.8 Å². The number of fused-ring (bicyclic) bond motifs is 1. The minimum Gasteiger partial charge on any atom is -0.496 e. The van der Waals surface area contributed by atoms with Crippen molar-refractivity contribution in [1.29, 1.82) is 0 Å². The van der Waals surface area contributed by atoms with Crippen molar-refractivity contribution in [2.24, 2.45) is 5.92 Å². The van der Waals surface area contributed by atoms with Crippen molar-refractivity contribution in [1.82, 2.24) is 10.6 Å². The topological polar surface area (TPSA) is 96.9 Å². The number of carbonyl (C=O) groups is 2. The summed E-state index contributed by atoms with van der Waals surface area (Å²) in [4.78, 5) is 23.9. The van der Waals surface area contributed by atoms with Crippen molar-refractivity contribution in [3.8, 4) is 11.5 Å². The number of benzene rings is 1. The van der Waals surface area contributed by atoms with Gasteiger partial charge in [-0.05, 0) is 24.5 Å². The standard InChI is InChI=1S/C18H26N2O5/c1-10(2)7-14(18(22)23)20-17(21)13-8-11-12(9-19-13)16(25-4)6-5-15(11)24-3/h5-6,10,13-14,19H,7-9H2,1-4H3,(H,20,21)(H,22,23)/t13-,14-/m0/s1. The summed E-state index contributed by atoms with van der Waals surface area (Å²) in [6.45, 7) is 4.30. The third kappa shape index (κ3) is 4.42. The van der Waals surface area contributed by atoms with Crippen LogP contribution in [0.4, 0.5) is 0 Å². The highest BCUT2D eigenvalue weighted by molar-refractivity contribution is 5.87. The van der Waals surface area contributed by atoms with Crippen LogP contribution in [0.5, 0.6) is 11.5 Å². The Balaban J connectivity index is 2.16. The van der Waals surface area contributed by atoms with Crippen LogP contribution in [0.25, 0.3) is 0 Å². The summed E-state index contributed by atoms with van der Waals surface area (Å²) in [6.07, 6.45) is 0.803. The molecule has 0 fully saturated rings. The molecule has 1 aliphatic rings. The Morgan fingerprint density at radius 3 is 2.36 bits per heavy atom. The second-order valence-electron chi connectivity index (χ2n) is 6.59. The SMILES string of the molecule is COc1ccc(OC)c2c1CN[C@H](C(=O)N[C@@H](CC(C)C)C(=O)O)C2. The molecule has 3 N–H and O–H groups in total. The number of carbonyl (C=O) groups excluding carboxylic acids is 1. The molecule has 2 atom stereocenters. The highest BCUT2D eigenvalue weighted by Crippen LogP contribution is 2.33. The van der Waals surface area contributed by atoms with E-state index < -0.39 is 18.1 Å². The van der Waals surface area contributed by atoms with E-state index in [-0.39, 0.29) is 11.8 Å². The first kappa shape index (κ1) is 19.1. The summed E-state index contributed by atoms with van der Waals surface area (Å²) in [6, 6.07) is 2.25. The van der Waals surface area contributed by atoms with Gasteiger partial charge in [-0.3, -0.25) is 4.79 Å². The monoisotopic (exact) mass is 350 g/mol. The minimum absolute atomic E-state index is 0.172. The lowest BCUT2D eigenvalue weighted by atomic mass is 9.93. The summed E-state index contributed by atoms with van der Waals surface area (Å²) in [7, 11) is 3.19. The molecule has 138 valence electrons. The molecule has 0 aromatic heterocycles. The van der Waals surface area contributed by atoms with Gasteiger partial charge in [0.2, 0.25) is 5.91 Å². The molecule has 0 saturated carbocycles. The molecule has 0 radical (unpaired) electrons. The number of hydrogen-bond donors (Lipinski definition) is 3. The normalized spacial score (nSPS) is 17.6. The number of methoxy groups -OCH3 is 2. The fraction of sp³-hybridized carbons (Fsp3) is 0.556. The fourth-order valence-corrected chi connectivity index (χ4v) is 3.10. The van der Waals surface area contributed by atoms with E-state index in [1.54, 1.807) is 14.2 Å². The van der Waals surface area contributed by atoms with Crippen molar-refractivity contribution in [3.05, 3.63) is 23.3 Å². The highest BCUT2D eigenvalue weighted by atomic mass is 16.5. The third-order valence-corrected chi connectivity index (χ3v) is 4.36. The van der Waals surface area contributed by atoms with Crippen molar-refractivity contribution >= 4 is 11.9 Å². The van der Waals surface area contributed by atoms with Crippen LogP contribution < -0.4 is 20.1 Å². The van der Waals surface area contributed by atoms with Gasteiger partial charge in [0.15, 0.2) is 0 Å². The molecule has 1 amide bonds. The second kappa shape index (κ2) is 8.20. The number of hydrogen-bond acceptors (Lipinski definition) is 5. The summed E-state index contributed by atoms with van der Waals surface area (Å²) in [5, 5.41) is 15.1. The number of amides is 1. The molecule has 0 aliphatic carbocycles. The molecule has 1 heterocycles. The molecular weight excluding hydrogens is 324 g/mol. The third-order valence-electron chi connectivity index (χ3n) is 4.36. The maximum absolute atomic E-state index is 12.5. The zero-order valence-electron chi connectivity index (χ0n) is 15.1. The molecule has 1 aromatic carbocycles. The van der Waals surface area contributed by atoms with E-state index in [0.717, 1.165) is 16.9 Å². The molecule has 0 bridgehead atoms. The molecule has 1 aromatic rings. The van der Waals surface area contributed by atoms with Crippen molar-refractivity contribution in [2.75, 3.05) is 14.2 Å². The minimum atomic E-state index is -1.02. The molecule has 25 heavy (non-hydrogen) atoms. The Morgan fingerprint density at radius 1 is 1.24 bits per heavy atom. The van der Waals surface area contributed by atoms with Gasteiger partial charge in [0.1, 0.15) is 17.5 Å². The van der Waals surface area contributed by atoms with Crippen molar-refractivity contribution in [2.45, 2.75) is 45.3 Å². The largest absolute Gasteiger partial charge is 0.496 e. The lowest BCUT2D eigenvalue weighted by Gasteiger charge is -2.29. The van der Waals surface area contributed by atoms with Crippen molar-refractivity contribution in [3.63, 3.8) is 0 Å². The first-order valence-corrected chi connectivity index (χ1v) is 8.36. The van der Waals surface area contributed by atoms with Gasteiger partial charge in [0.05, 0.1) is 20.3 Å². The van der Waals surface area contributed by atoms with Gasteiger partial charge in [0, 0.05) is 24.1 Å². The predicted molar refractivity (Wildman–Crippen MR) is 92.9 cm³/mol. The van der Waals surface area contributed by atoms with Gasteiger partial charge < -0.3 is 25.2 Å². The lowest BCUT2D eigenvalue weighted by Crippen LogP contribution is -2.52. The van der Waals surface area contributed by atoms with E-state index in [9.17, 15) is 14.7 Å². The van der Waals surface area contributed by atoms with Gasteiger partial charge in [-0.15, -0.1) is 0 Å². The summed E-state index contributed by atoms with van der Waals surface area (Å²) in [5.74, 6) is 0.282. The smallest absolute Gasteiger partial charge is 0.326 e. The number of carboxylic acid groups (broad SMARTS) is 1. The van der Waals surface area contributed by atoms with E-state index in [0.29, 0.717) is 25.1 Å². The van der Waals surface area contributed by atoms with E-state index in [1.807, 2.05) is 26.0 Å². The van der Waals surface area contributed by atoms with Gasteiger partial charge in [0.25, 0.3) is 0 Å². The quantitative estimate of drug-likeness (QED) is 0.687. The van der Waals surface area contributed by atoms with Crippen LogP contribution in [0.1, 0.15) is 31.4 Å². The van der Waals surface area contributed by atoms with E-state index in [4.69, 9.17) is 9.47 Å². The number of nitrogens with one attached hydrogen (secondary N) is 2. The molecule has 7 heteroatoms. The van der Waals surface area contributed by atoms with Crippen LogP contribution in [-0.2, 0) is 22.6 Å². The van der Waals surface area contributed by atoms with Crippen LogP contribution in [0.2, 0.25) is 0 Å². The van der Waals surface area contributed by atoms with E-state index >= 15 is 0 Å². The number of aliphatic carboxylic acids is 1. The first-order valence-electron chi connectivity index (χ1n) is 8.36. The van der Waals surface area contributed by atoms with E-state index in [1.165, 1.54) is 0 Å². The van der Waals surface area contributed by atoms with E-state index in [2.05, 4.69) is 10.6 Å². The molecule has 0 unspecified atom stereocenters. The average Bonchev–Trinajstić information content (AvgIpc) is 2.59. The lowest BCUT2D eigenvalue weighted by molar-refractivity contribution is -0.142. The number of rotatable bonds is 7. The molecule has 0 saturated heterocycles. The Kier molecular flexibility index (Phi) is 6.25. The zero-order valence-corrected chi connectivity index (χ0v) is 15.1. The van der Waals surface area contributed by atoms with Gasteiger partial charge in [-0.25, -0.2) is 4.79 Å². The maximum atomic E-state index is 12.5. The Hall–Kier alpha value is -2.28. The van der Waals surface area contributed by atoms with Crippen LogP contribution in [0, 0.1) is 5.92 Å². The zero-order chi connectivity index (χ0) is 18.6. The van der Waals surface area contributed by atoms with Gasteiger partial charge in [-0.2, -0.15) is 0 Å². The first-order chi connectivity index (χ1) is 11.9. The Bertz CT molecular complexity index is 645. The number of ether oxygens (including phenoxy) is 2. The summed E-state index contributed by atoms with van der Waals surface area (Å²) in [5.41, 5.74) is 1.87. The van der Waals surface area contributed by atoms with Gasteiger partial charge >= 0.3 is 5.97 Å². The molecule has 0 spiro atoms. The second-order valence-corrected chi connectivity index (χ2v) is 6.59. The maximum Gasteiger partial charge on any atom is 0.326 e. The Morgan fingerprint density at radius 2 is 1.84 bits per heavy atom. The Labute approximate surface area is 147 Å². The highest BCUT2D eigenvalue weighted by Gasteiger charge is 2.31. The summed E-state index contributed by atoms with van der Waals surface area (Å²) < 4.78 is 10.8. The van der Waals surface area contributed by atoms with Crippen LogP contribution in [-0.4, -0.2) is 43.3 Å². The summed E-state index contributed by atoms with van der Waals surface area (Å²) >= 11 is 0. The van der Waals surface area contributed by atoms with Crippen LogP contribution in [0.15, 0.2) is 12.1 Å². The molecule has 7 nitrogen and oxygen atoms in total. The number of carboxylic acids is 1. The molecular formula is C18H26N2O5. The van der Waals surface area contributed by atoms with Crippen molar-refractivity contribution < 1.29 is 24.2 Å².